The summed E-state index contributed by atoms with van der Waals surface area (Å²) in [5.74, 6) is 1.54. The molecule has 0 spiro atoms. The summed E-state index contributed by atoms with van der Waals surface area (Å²) in [6.45, 7) is 2.87. The van der Waals surface area contributed by atoms with Crippen LogP contribution in [0.1, 0.15) is 12.8 Å². The minimum absolute atomic E-state index is 0.593. The molecule has 5 nitrogen and oxygen atoms in total. The van der Waals surface area contributed by atoms with Crippen molar-refractivity contribution >= 4 is 23.0 Å². The molecule has 6 heteroatoms. The third-order valence-electron chi connectivity index (χ3n) is 2.82. The molecule has 110 valence electrons. The molecule has 0 atom stereocenters. The molecule has 1 aliphatic rings. The van der Waals surface area contributed by atoms with Crippen LogP contribution >= 0.6 is 12.2 Å². The molecule has 0 aliphatic carbocycles. The summed E-state index contributed by atoms with van der Waals surface area (Å²) < 4.78 is 16.2. The van der Waals surface area contributed by atoms with Gasteiger partial charge in [0.05, 0.1) is 13.2 Å². The molecule has 0 amide bonds. The first-order valence-electron chi connectivity index (χ1n) is 6.73. The zero-order chi connectivity index (χ0) is 14.2. The van der Waals surface area contributed by atoms with Crippen LogP contribution in [0.5, 0.6) is 11.5 Å². The fraction of sp³-hybridized carbons (Fsp3) is 0.500. The Morgan fingerprint density at radius 1 is 1.30 bits per heavy atom. The predicted octanol–water partition coefficient (Wildman–Crippen LogP) is 2.17. The highest BCUT2D eigenvalue weighted by Crippen LogP contribution is 2.32. The second-order valence-corrected chi connectivity index (χ2v) is 4.85. The van der Waals surface area contributed by atoms with Crippen LogP contribution in [0.4, 0.5) is 5.69 Å². The van der Waals surface area contributed by atoms with Crippen molar-refractivity contribution in [2.75, 3.05) is 38.8 Å². The number of anilines is 1. The van der Waals surface area contributed by atoms with E-state index in [4.69, 9.17) is 26.4 Å². The normalized spacial score (nSPS) is 13.4. The molecule has 1 aliphatic heterocycles. The number of benzene rings is 1. The topological polar surface area (TPSA) is 51.8 Å². The number of fused-ring (bicyclic) bond motifs is 1. The highest BCUT2D eigenvalue weighted by atomic mass is 32.1. The number of nitrogens with one attached hydrogen (secondary N) is 2. The highest BCUT2D eigenvalue weighted by Gasteiger charge is 2.10. The summed E-state index contributed by atoms with van der Waals surface area (Å²) in [6.07, 6.45) is 1.82. The predicted molar refractivity (Wildman–Crippen MR) is 82.8 cm³/mol. The number of ether oxygens (including phenoxy) is 3. The fourth-order valence-electron chi connectivity index (χ4n) is 1.83. The van der Waals surface area contributed by atoms with Crippen LogP contribution in [-0.4, -0.2) is 38.6 Å². The highest BCUT2D eigenvalue weighted by molar-refractivity contribution is 7.80. The molecular weight excluding hydrogens is 276 g/mol. The molecule has 0 bridgehead atoms. The monoisotopic (exact) mass is 296 g/mol. The van der Waals surface area contributed by atoms with E-state index >= 15 is 0 Å². The standard InChI is InChI=1S/C14H20N2O3S/c1-17-7-2-6-15-14(20)16-11-4-5-12-13(10-11)19-9-3-8-18-12/h4-5,10H,2-3,6-9H2,1H3,(H2,15,16,20). The second kappa shape index (κ2) is 7.91. The lowest BCUT2D eigenvalue weighted by Crippen LogP contribution is -2.29. The van der Waals surface area contributed by atoms with Gasteiger partial charge in [-0.3, -0.25) is 0 Å². The number of hydrogen-bond donors (Lipinski definition) is 2. The minimum Gasteiger partial charge on any atom is -0.490 e. The van der Waals surface area contributed by atoms with Gasteiger partial charge in [-0.2, -0.15) is 0 Å². The Hall–Kier alpha value is -1.53. The molecule has 0 unspecified atom stereocenters. The van der Waals surface area contributed by atoms with Crippen LogP contribution in [0.3, 0.4) is 0 Å². The first-order chi connectivity index (χ1) is 9.79. The average Bonchev–Trinajstić information content (AvgIpc) is 2.68. The third-order valence-corrected chi connectivity index (χ3v) is 3.06. The summed E-state index contributed by atoms with van der Waals surface area (Å²) >= 11 is 5.23. The Morgan fingerprint density at radius 3 is 2.90 bits per heavy atom. The van der Waals surface area contributed by atoms with E-state index in [1.807, 2.05) is 18.2 Å². The van der Waals surface area contributed by atoms with Crippen LogP contribution in [0.2, 0.25) is 0 Å². The lowest BCUT2D eigenvalue weighted by Gasteiger charge is -2.13. The molecule has 0 fully saturated rings. The van der Waals surface area contributed by atoms with Crippen LogP contribution in [-0.2, 0) is 4.74 Å². The maximum atomic E-state index is 5.64. The van der Waals surface area contributed by atoms with Crippen LogP contribution in [0.15, 0.2) is 18.2 Å². The van der Waals surface area contributed by atoms with Gasteiger partial charge in [0.1, 0.15) is 0 Å². The first kappa shape index (κ1) is 14.9. The van der Waals surface area contributed by atoms with E-state index in [0.717, 1.165) is 43.2 Å². The fourth-order valence-corrected chi connectivity index (χ4v) is 2.05. The Morgan fingerprint density at radius 2 is 2.10 bits per heavy atom. The molecule has 2 N–H and O–H groups in total. The van der Waals surface area contributed by atoms with E-state index in [1.54, 1.807) is 7.11 Å². The van der Waals surface area contributed by atoms with Crippen molar-refractivity contribution in [1.29, 1.82) is 0 Å². The van der Waals surface area contributed by atoms with Gasteiger partial charge < -0.3 is 24.8 Å². The number of hydrogen-bond acceptors (Lipinski definition) is 4. The summed E-state index contributed by atoms with van der Waals surface area (Å²) in [5, 5.41) is 6.85. The molecule has 0 saturated carbocycles. The molecule has 1 heterocycles. The van der Waals surface area contributed by atoms with Gasteiger partial charge >= 0.3 is 0 Å². The lowest BCUT2D eigenvalue weighted by molar-refractivity contribution is 0.196. The lowest BCUT2D eigenvalue weighted by atomic mass is 10.3. The summed E-state index contributed by atoms with van der Waals surface area (Å²) in [6, 6.07) is 5.73. The minimum atomic E-state index is 0.593. The Balaban J connectivity index is 1.86. The van der Waals surface area contributed by atoms with E-state index in [-0.39, 0.29) is 0 Å². The quantitative estimate of drug-likeness (QED) is 0.641. The maximum absolute atomic E-state index is 5.64. The summed E-state index contributed by atoms with van der Waals surface area (Å²) in [4.78, 5) is 0. The molecule has 2 rings (SSSR count). The van der Waals surface area contributed by atoms with Gasteiger partial charge in [0, 0.05) is 38.4 Å². The molecule has 0 aromatic heterocycles. The van der Waals surface area contributed by atoms with E-state index < -0.39 is 0 Å². The van der Waals surface area contributed by atoms with Gasteiger partial charge in [-0.15, -0.1) is 0 Å². The SMILES string of the molecule is COCCCNC(=S)Nc1ccc2c(c1)OCCCO2. The van der Waals surface area contributed by atoms with E-state index in [0.29, 0.717) is 18.3 Å². The summed E-state index contributed by atoms with van der Waals surface area (Å²) in [5.41, 5.74) is 0.887. The Labute approximate surface area is 124 Å². The van der Waals surface area contributed by atoms with Gasteiger partial charge in [0.2, 0.25) is 0 Å². The second-order valence-electron chi connectivity index (χ2n) is 4.44. The van der Waals surface area contributed by atoms with Gasteiger partial charge in [0.15, 0.2) is 16.6 Å². The van der Waals surface area contributed by atoms with Crippen molar-refractivity contribution in [3.05, 3.63) is 18.2 Å². The van der Waals surface area contributed by atoms with Crippen molar-refractivity contribution < 1.29 is 14.2 Å². The molecule has 1 aromatic carbocycles. The number of methoxy groups -OCH3 is 1. The Kier molecular flexibility index (Phi) is 5.88. The third kappa shape index (κ3) is 4.54. The van der Waals surface area contributed by atoms with Crippen molar-refractivity contribution in [3.63, 3.8) is 0 Å². The van der Waals surface area contributed by atoms with Gasteiger partial charge in [0.25, 0.3) is 0 Å². The molecular formula is C14H20N2O3S. The van der Waals surface area contributed by atoms with Crippen LogP contribution < -0.4 is 20.1 Å². The van der Waals surface area contributed by atoms with Crippen molar-refractivity contribution in [3.8, 4) is 11.5 Å². The zero-order valence-corrected chi connectivity index (χ0v) is 12.4. The molecule has 20 heavy (non-hydrogen) atoms. The number of thiocarbonyl (C=S) groups is 1. The molecule has 0 radical (unpaired) electrons. The molecule has 0 saturated heterocycles. The number of rotatable bonds is 5. The van der Waals surface area contributed by atoms with Gasteiger partial charge in [-0.1, -0.05) is 0 Å². The van der Waals surface area contributed by atoms with E-state index in [9.17, 15) is 0 Å². The summed E-state index contributed by atoms with van der Waals surface area (Å²) in [7, 11) is 1.69. The van der Waals surface area contributed by atoms with E-state index in [1.165, 1.54) is 0 Å². The van der Waals surface area contributed by atoms with Crippen LogP contribution in [0, 0.1) is 0 Å². The maximum Gasteiger partial charge on any atom is 0.170 e. The van der Waals surface area contributed by atoms with Crippen molar-refractivity contribution in [1.82, 2.24) is 5.32 Å². The van der Waals surface area contributed by atoms with Crippen molar-refractivity contribution in [2.24, 2.45) is 0 Å². The largest absolute Gasteiger partial charge is 0.490 e. The molecule has 1 aromatic rings. The van der Waals surface area contributed by atoms with Gasteiger partial charge in [-0.25, -0.2) is 0 Å². The zero-order valence-electron chi connectivity index (χ0n) is 11.6. The van der Waals surface area contributed by atoms with E-state index in [2.05, 4.69) is 10.6 Å². The first-order valence-corrected chi connectivity index (χ1v) is 7.14. The average molecular weight is 296 g/mol. The van der Waals surface area contributed by atoms with Crippen LogP contribution in [0.25, 0.3) is 0 Å². The Bertz CT molecular complexity index is 454. The van der Waals surface area contributed by atoms with Gasteiger partial charge in [-0.05, 0) is 30.8 Å². The smallest absolute Gasteiger partial charge is 0.170 e. The van der Waals surface area contributed by atoms with Crippen molar-refractivity contribution in [2.45, 2.75) is 12.8 Å².